The van der Waals surface area contributed by atoms with Crippen LogP contribution in [0.25, 0.3) is 0 Å². The van der Waals surface area contributed by atoms with Crippen molar-refractivity contribution in [3.8, 4) is 5.75 Å². The highest BCUT2D eigenvalue weighted by molar-refractivity contribution is 5.75. The molecule has 2 aromatic carbocycles. The summed E-state index contributed by atoms with van der Waals surface area (Å²) in [7, 11) is 1.23. The number of ether oxygens (including phenoxy) is 2. The molecule has 0 bridgehead atoms. The lowest BCUT2D eigenvalue weighted by Gasteiger charge is -2.17. The molecule has 0 aliphatic carbocycles. The van der Waals surface area contributed by atoms with E-state index in [1.54, 1.807) is 0 Å². The zero-order valence-corrected chi connectivity index (χ0v) is 12.3. The number of rotatable bonds is 5. The molecule has 0 aliphatic rings. The second-order valence-electron chi connectivity index (χ2n) is 4.84. The Kier molecular flexibility index (Phi) is 5.26. The summed E-state index contributed by atoms with van der Waals surface area (Å²) in [5.41, 5.74) is 0.0809. The molecule has 2 rings (SSSR count). The number of methoxy groups -OCH3 is 1. The Morgan fingerprint density at radius 2 is 1.65 bits per heavy atom. The van der Waals surface area contributed by atoms with Crippen LogP contribution >= 0.6 is 0 Å². The summed E-state index contributed by atoms with van der Waals surface area (Å²) in [5.74, 6) is -0.418. The van der Waals surface area contributed by atoms with Crippen molar-refractivity contribution in [2.24, 2.45) is 0 Å². The molecule has 3 nitrogen and oxygen atoms in total. The average Bonchev–Trinajstić information content (AvgIpc) is 2.54. The van der Waals surface area contributed by atoms with Gasteiger partial charge in [0.1, 0.15) is 5.75 Å². The largest absolute Gasteiger partial charge is 0.478 e. The summed E-state index contributed by atoms with van der Waals surface area (Å²) < 4.78 is 47.8. The van der Waals surface area contributed by atoms with E-state index in [1.165, 1.54) is 19.2 Å². The number of benzene rings is 2. The molecule has 0 aliphatic heterocycles. The highest BCUT2D eigenvalue weighted by Gasteiger charge is 2.30. The minimum atomic E-state index is -4.41. The smallest absolute Gasteiger partial charge is 0.416 e. The van der Waals surface area contributed by atoms with E-state index >= 15 is 0 Å². The van der Waals surface area contributed by atoms with Crippen LogP contribution in [0.5, 0.6) is 5.75 Å². The fourth-order valence-corrected chi connectivity index (χ4v) is 2.02. The third kappa shape index (κ3) is 4.74. The molecular weight excluding hydrogens is 309 g/mol. The van der Waals surface area contributed by atoms with Crippen LogP contribution in [0.3, 0.4) is 0 Å². The first kappa shape index (κ1) is 16.9. The van der Waals surface area contributed by atoms with Crippen molar-refractivity contribution < 1.29 is 27.4 Å². The number of halogens is 3. The molecule has 2 aromatic rings. The maximum absolute atomic E-state index is 12.5. The van der Waals surface area contributed by atoms with Gasteiger partial charge in [0.15, 0.2) is 6.10 Å². The highest BCUT2D eigenvalue weighted by Crippen LogP contribution is 2.30. The van der Waals surface area contributed by atoms with Crippen LogP contribution < -0.4 is 4.74 Å². The van der Waals surface area contributed by atoms with Gasteiger partial charge in [-0.2, -0.15) is 13.2 Å². The fourth-order valence-electron chi connectivity index (χ4n) is 2.02. The van der Waals surface area contributed by atoms with Crippen molar-refractivity contribution in [3.63, 3.8) is 0 Å². The van der Waals surface area contributed by atoms with Crippen molar-refractivity contribution >= 4 is 5.97 Å². The van der Waals surface area contributed by atoms with Crippen LogP contribution in [0, 0.1) is 0 Å². The molecule has 0 saturated carbocycles. The summed E-state index contributed by atoms with van der Waals surface area (Å²) in [5, 5.41) is 0. The Morgan fingerprint density at radius 3 is 2.17 bits per heavy atom. The average molecular weight is 324 g/mol. The second-order valence-corrected chi connectivity index (χ2v) is 4.84. The zero-order valence-electron chi connectivity index (χ0n) is 12.3. The Morgan fingerprint density at radius 1 is 1.04 bits per heavy atom. The molecular formula is C17H15F3O3. The highest BCUT2D eigenvalue weighted by atomic mass is 19.4. The summed E-state index contributed by atoms with van der Waals surface area (Å²) in [6.07, 6.45) is -5.09. The lowest BCUT2D eigenvalue weighted by molar-refractivity contribution is -0.148. The lowest BCUT2D eigenvalue weighted by atomic mass is 10.1. The van der Waals surface area contributed by atoms with Crippen LogP contribution in [-0.2, 0) is 22.1 Å². The summed E-state index contributed by atoms with van der Waals surface area (Å²) in [6.45, 7) is 0. The monoisotopic (exact) mass is 324 g/mol. The van der Waals surface area contributed by atoms with Gasteiger partial charge in [-0.1, -0.05) is 30.3 Å². The van der Waals surface area contributed by atoms with Gasteiger partial charge in [0.25, 0.3) is 0 Å². The first-order chi connectivity index (χ1) is 10.9. The minimum Gasteiger partial charge on any atom is -0.478 e. The summed E-state index contributed by atoms with van der Waals surface area (Å²) in [6, 6.07) is 13.3. The van der Waals surface area contributed by atoms with Crippen molar-refractivity contribution in [2.75, 3.05) is 7.11 Å². The van der Waals surface area contributed by atoms with Gasteiger partial charge in [0.2, 0.25) is 0 Å². The third-order valence-corrected chi connectivity index (χ3v) is 3.19. The number of hydrogen-bond donors (Lipinski definition) is 0. The number of esters is 1. The fraction of sp³-hybridized carbons (Fsp3) is 0.235. The van der Waals surface area contributed by atoms with Crippen molar-refractivity contribution in [2.45, 2.75) is 18.7 Å². The Labute approximate surface area is 131 Å². The molecule has 0 N–H and O–H groups in total. The SMILES string of the molecule is COC(=O)[C@H](Cc1ccccc1)Oc1ccc(C(F)(F)F)cc1. The standard InChI is InChI=1S/C17H15F3O3/c1-22-16(21)15(11-12-5-3-2-4-6-12)23-14-9-7-13(8-10-14)17(18,19)20/h2-10,15H,11H2,1H3/t15-/m0/s1. The lowest BCUT2D eigenvalue weighted by Crippen LogP contribution is -2.30. The van der Waals surface area contributed by atoms with Crippen LogP contribution in [0.2, 0.25) is 0 Å². The van der Waals surface area contributed by atoms with E-state index in [2.05, 4.69) is 0 Å². The van der Waals surface area contributed by atoms with Gasteiger partial charge in [-0.25, -0.2) is 4.79 Å². The first-order valence-corrected chi connectivity index (χ1v) is 6.86. The molecule has 0 spiro atoms. The molecule has 1 atom stereocenters. The van der Waals surface area contributed by atoms with E-state index in [4.69, 9.17) is 9.47 Å². The van der Waals surface area contributed by atoms with Gasteiger partial charge in [-0.05, 0) is 29.8 Å². The van der Waals surface area contributed by atoms with Crippen LogP contribution in [-0.4, -0.2) is 19.2 Å². The van der Waals surface area contributed by atoms with Gasteiger partial charge in [0.05, 0.1) is 12.7 Å². The molecule has 6 heteroatoms. The predicted molar refractivity (Wildman–Crippen MR) is 78.0 cm³/mol. The van der Waals surface area contributed by atoms with Crippen LogP contribution in [0.1, 0.15) is 11.1 Å². The van der Waals surface area contributed by atoms with Crippen molar-refractivity contribution in [1.82, 2.24) is 0 Å². The van der Waals surface area contributed by atoms with Gasteiger partial charge < -0.3 is 9.47 Å². The molecule has 0 unspecified atom stereocenters. The predicted octanol–water partition coefficient (Wildman–Crippen LogP) is 3.87. The van der Waals surface area contributed by atoms with E-state index in [0.717, 1.165) is 17.7 Å². The molecule has 0 saturated heterocycles. The van der Waals surface area contributed by atoms with E-state index < -0.39 is 23.8 Å². The van der Waals surface area contributed by atoms with E-state index in [-0.39, 0.29) is 12.2 Å². The quantitative estimate of drug-likeness (QED) is 0.783. The molecule has 0 aromatic heterocycles. The van der Waals surface area contributed by atoms with Gasteiger partial charge in [0, 0.05) is 6.42 Å². The van der Waals surface area contributed by atoms with E-state index in [1.807, 2.05) is 30.3 Å². The zero-order chi connectivity index (χ0) is 16.9. The molecule has 0 heterocycles. The number of carbonyl (C=O) groups excluding carboxylic acids is 1. The Bertz CT molecular complexity index is 636. The maximum Gasteiger partial charge on any atom is 0.416 e. The molecule has 0 amide bonds. The first-order valence-electron chi connectivity index (χ1n) is 6.86. The Hall–Kier alpha value is -2.50. The van der Waals surface area contributed by atoms with Gasteiger partial charge in [-0.15, -0.1) is 0 Å². The van der Waals surface area contributed by atoms with Crippen LogP contribution in [0.4, 0.5) is 13.2 Å². The molecule has 0 radical (unpaired) electrons. The number of alkyl halides is 3. The van der Waals surface area contributed by atoms with Crippen LogP contribution in [0.15, 0.2) is 54.6 Å². The summed E-state index contributed by atoms with van der Waals surface area (Å²) >= 11 is 0. The second kappa shape index (κ2) is 7.17. The topological polar surface area (TPSA) is 35.5 Å². The van der Waals surface area contributed by atoms with Crippen molar-refractivity contribution in [3.05, 3.63) is 65.7 Å². The van der Waals surface area contributed by atoms with Gasteiger partial charge >= 0.3 is 12.1 Å². The maximum atomic E-state index is 12.5. The molecule has 122 valence electrons. The van der Waals surface area contributed by atoms with Crippen molar-refractivity contribution in [1.29, 1.82) is 0 Å². The molecule has 23 heavy (non-hydrogen) atoms. The normalized spacial score (nSPS) is 12.5. The number of carbonyl (C=O) groups is 1. The minimum absolute atomic E-state index is 0.171. The summed E-state index contributed by atoms with van der Waals surface area (Å²) in [4.78, 5) is 11.8. The van der Waals surface area contributed by atoms with E-state index in [0.29, 0.717) is 0 Å². The third-order valence-electron chi connectivity index (χ3n) is 3.19. The number of hydrogen-bond acceptors (Lipinski definition) is 3. The Balaban J connectivity index is 2.13. The molecule has 0 fully saturated rings. The van der Waals surface area contributed by atoms with E-state index in [9.17, 15) is 18.0 Å². The van der Waals surface area contributed by atoms with Gasteiger partial charge in [-0.3, -0.25) is 0 Å².